The highest BCUT2D eigenvalue weighted by Crippen LogP contribution is 2.30. The molecule has 0 saturated carbocycles. The number of para-hydroxylation sites is 1. The summed E-state index contributed by atoms with van der Waals surface area (Å²) in [5.74, 6) is 0.984. The lowest BCUT2D eigenvalue weighted by Gasteiger charge is -2.18. The Kier molecular flexibility index (Phi) is 4.40. The molecule has 0 aliphatic heterocycles. The second kappa shape index (κ2) is 6.25. The van der Waals surface area contributed by atoms with Gasteiger partial charge in [0, 0.05) is 5.56 Å². The molecule has 0 heterocycles. The first-order chi connectivity index (χ1) is 8.85. The largest absolute Gasteiger partial charge is 0.490 e. The molecule has 0 bridgehead atoms. The molecule has 1 nitrogen and oxygen atoms in total. The Labute approximate surface area is 109 Å². The smallest absolute Gasteiger partial charge is 0.127 e. The molecule has 0 atom stereocenters. The van der Waals surface area contributed by atoms with Gasteiger partial charge >= 0.3 is 0 Å². The van der Waals surface area contributed by atoms with Gasteiger partial charge in [0.2, 0.25) is 0 Å². The molecule has 0 radical (unpaired) electrons. The first kappa shape index (κ1) is 12.7. The predicted molar refractivity (Wildman–Crippen MR) is 76.9 cm³/mol. The fraction of sp³-hybridized carbons (Fsp3) is 0.294. The van der Waals surface area contributed by atoms with Gasteiger partial charge in [0.1, 0.15) is 5.75 Å². The Morgan fingerprint density at radius 1 is 0.833 bits per heavy atom. The topological polar surface area (TPSA) is 9.23 Å². The maximum Gasteiger partial charge on any atom is 0.127 e. The quantitative estimate of drug-likeness (QED) is 0.720. The lowest BCUT2D eigenvalue weighted by molar-refractivity contribution is 0.194. The summed E-state index contributed by atoms with van der Waals surface area (Å²) >= 11 is 0. The number of hydrogen-bond acceptors (Lipinski definition) is 1. The number of rotatable bonds is 5. The summed E-state index contributed by atoms with van der Waals surface area (Å²) in [6.45, 7) is 4.33. The maximum atomic E-state index is 6.10. The molecule has 2 aromatic carbocycles. The van der Waals surface area contributed by atoms with Crippen LogP contribution in [0.4, 0.5) is 0 Å². The molecule has 0 saturated heterocycles. The average Bonchev–Trinajstić information content (AvgIpc) is 2.46. The van der Waals surface area contributed by atoms with Gasteiger partial charge in [0.05, 0.1) is 6.10 Å². The first-order valence-electron chi connectivity index (χ1n) is 6.66. The van der Waals surface area contributed by atoms with E-state index in [1.165, 1.54) is 11.1 Å². The van der Waals surface area contributed by atoms with Crippen LogP contribution in [0, 0.1) is 0 Å². The zero-order chi connectivity index (χ0) is 12.8. The Bertz CT molecular complexity index is 472. The Hall–Kier alpha value is -1.76. The van der Waals surface area contributed by atoms with Crippen molar-refractivity contribution in [2.45, 2.75) is 32.8 Å². The predicted octanol–water partition coefficient (Wildman–Crippen LogP) is 4.92. The molecule has 94 valence electrons. The van der Waals surface area contributed by atoms with Crippen LogP contribution >= 0.6 is 0 Å². The summed E-state index contributed by atoms with van der Waals surface area (Å²) in [6, 6.07) is 18.7. The first-order valence-corrected chi connectivity index (χ1v) is 6.66. The Morgan fingerprint density at radius 3 is 2.11 bits per heavy atom. The van der Waals surface area contributed by atoms with Crippen molar-refractivity contribution in [1.82, 2.24) is 0 Å². The second-order valence-electron chi connectivity index (χ2n) is 4.42. The summed E-state index contributed by atoms with van der Waals surface area (Å²) in [4.78, 5) is 0. The molecule has 0 spiro atoms. The van der Waals surface area contributed by atoms with Gasteiger partial charge in [-0.25, -0.2) is 0 Å². The minimum Gasteiger partial charge on any atom is -0.490 e. The van der Waals surface area contributed by atoms with E-state index in [4.69, 9.17) is 4.74 Å². The van der Waals surface area contributed by atoms with E-state index >= 15 is 0 Å². The fourth-order valence-electron chi connectivity index (χ4n) is 2.06. The molecule has 0 amide bonds. The standard InChI is InChI=1S/C17H20O/c1-3-15(4-2)18-17-13-9-8-12-16(17)14-10-6-5-7-11-14/h5-13,15H,3-4H2,1-2H3. The molecule has 2 rings (SSSR count). The number of benzene rings is 2. The van der Waals surface area contributed by atoms with Crippen LogP contribution in [-0.4, -0.2) is 6.10 Å². The van der Waals surface area contributed by atoms with Crippen LogP contribution in [0.5, 0.6) is 5.75 Å². The maximum absolute atomic E-state index is 6.10. The minimum atomic E-state index is 0.301. The Morgan fingerprint density at radius 2 is 1.44 bits per heavy atom. The second-order valence-corrected chi connectivity index (χ2v) is 4.42. The van der Waals surface area contributed by atoms with Crippen molar-refractivity contribution in [3.05, 3.63) is 54.6 Å². The summed E-state index contributed by atoms with van der Waals surface area (Å²) in [7, 11) is 0. The normalized spacial score (nSPS) is 10.6. The summed E-state index contributed by atoms with van der Waals surface area (Å²) < 4.78 is 6.10. The van der Waals surface area contributed by atoms with Crippen molar-refractivity contribution in [3.63, 3.8) is 0 Å². The monoisotopic (exact) mass is 240 g/mol. The van der Waals surface area contributed by atoms with Gasteiger partial charge in [-0.2, -0.15) is 0 Å². The Balaban J connectivity index is 2.31. The van der Waals surface area contributed by atoms with E-state index in [0.717, 1.165) is 18.6 Å². The minimum absolute atomic E-state index is 0.301. The van der Waals surface area contributed by atoms with Crippen LogP contribution < -0.4 is 4.74 Å². The van der Waals surface area contributed by atoms with Gasteiger partial charge in [-0.05, 0) is 24.5 Å². The van der Waals surface area contributed by atoms with Crippen molar-refractivity contribution in [2.75, 3.05) is 0 Å². The number of hydrogen-bond donors (Lipinski definition) is 0. The van der Waals surface area contributed by atoms with Crippen LogP contribution in [0.25, 0.3) is 11.1 Å². The third-order valence-corrected chi connectivity index (χ3v) is 3.18. The van der Waals surface area contributed by atoms with Crippen LogP contribution in [0.1, 0.15) is 26.7 Å². The summed E-state index contributed by atoms with van der Waals surface area (Å²) in [5.41, 5.74) is 2.38. The van der Waals surface area contributed by atoms with E-state index in [1.54, 1.807) is 0 Å². The van der Waals surface area contributed by atoms with Crippen molar-refractivity contribution in [2.24, 2.45) is 0 Å². The molecular weight excluding hydrogens is 220 g/mol. The van der Waals surface area contributed by atoms with E-state index in [0.29, 0.717) is 6.10 Å². The third kappa shape index (κ3) is 2.92. The molecule has 0 aliphatic rings. The van der Waals surface area contributed by atoms with Gasteiger partial charge in [-0.1, -0.05) is 62.4 Å². The zero-order valence-electron chi connectivity index (χ0n) is 11.1. The van der Waals surface area contributed by atoms with E-state index in [-0.39, 0.29) is 0 Å². The van der Waals surface area contributed by atoms with E-state index in [2.05, 4.69) is 56.3 Å². The molecule has 0 aliphatic carbocycles. The van der Waals surface area contributed by atoms with Gasteiger partial charge in [0.25, 0.3) is 0 Å². The summed E-state index contributed by atoms with van der Waals surface area (Å²) in [5, 5.41) is 0. The average molecular weight is 240 g/mol. The zero-order valence-corrected chi connectivity index (χ0v) is 11.1. The molecular formula is C17H20O. The van der Waals surface area contributed by atoms with E-state index < -0.39 is 0 Å². The molecule has 18 heavy (non-hydrogen) atoms. The van der Waals surface area contributed by atoms with Gasteiger partial charge < -0.3 is 4.74 Å². The van der Waals surface area contributed by atoms with Crippen molar-refractivity contribution in [1.29, 1.82) is 0 Å². The van der Waals surface area contributed by atoms with Crippen molar-refractivity contribution >= 4 is 0 Å². The van der Waals surface area contributed by atoms with Gasteiger partial charge in [-0.15, -0.1) is 0 Å². The highest BCUT2D eigenvalue weighted by atomic mass is 16.5. The molecule has 0 N–H and O–H groups in total. The molecule has 0 aromatic heterocycles. The van der Waals surface area contributed by atoms with Crippen LogP contribution in [-0.2, 0) is 0 Å². The van der Waals surface area contributed by atoms with E-state index in [1.807, 2.05) is 12.1 Å². The third-order valence-electron chi connectivity index (χ3n) is 3.18. The van der Waals surface area contributed by atoms with Crippen LogP contribution in [0.2, 0.25) is 0 Å². The van der Waals surface area contributed by atoms with Crippen LogP contribution in [0.15, 0.2) is 54.6 Å². The van der Waals surface area contributed by atoms with Crippen molar-refractivity contribution < 1.29 is 4.74 Å². The molecule has 2 aromatic rings. The highest BCUT2D eigenvalue weighted by molar-refractivity contribution is 5.70. The highest BCUT2D eigenvalue weighted by Gasteiger charge is 2.09. The fourth-order valence-corrected chi connectivity index (χ4v) is 2.06. The van der Waals surface area contributed by atoms with Gasteiger partial charge in [0.15, 0.2) is 0 Å². The lowest BCUT2D eigenvalue weighted by Crippen LogP contribution is -2.14. The molecule has 0 fully saturated rings. The van der Waals surface area contributed by atoms with Gasteiger partial charge in [-0.3, -0.25) is 0 Å². The van der Waals surface area contributed by atoms with Crippen LogP contribution in [0.3, 0.4) is 0 Å². The number of ether oxygens (including phenoxy) is 1. The summed E-state index contributed by atoms with van der Waals surface area (Å²) in [6.07, 6.45) is 2.38. The van der Waals surface area contributed by atoms with E-state index in [9.17, 15) is 0 Å². The SMILES string of the molecule is CCC(CC)Oc1ccccc1-c1ccccc1. The van der Waals surface area contributed by atoms with Crippen molar-refractivity contribution in [3.8, 4) is 16.9 Å². The molecule has 1 heteroatoms. The molecule has 0 unspecified atom stereocenters. The lowest BCUT2D eigenvalue weighted by atomic mass is 10.0.